The van der Waals surface area contributed by atoms with E-state index in [2.05, 4.69) is 20.9 Å². The van der Waals surface area contributed by atoms with Gasteiger partial charge < -0.3 is 30.2 Å². The first-order chi connectivity index (χ1) is 26.7. The number of methoxy groups -OCH3 is 3. The summed E-state index contributed by atoms with van der Waals surface area (Å²) in [6.45, 7) is 0. The standard InChI is InChI=1S/C42H35ClN4O6S2/c1-51-35-24-37(53-3)36(52-2)23-29(35)22-33(45-39(48)28-12-8-5-9-13-28)40(49)44-31-18-20-32(21-19-31)55-38(27-10-6-4-7-11-27)41(50)47-42-46-34(25-54-42)26-14-16-30(43)17-15-26/h4-25,38H,1-3H3,(H,44,49)(H,45,48)(H,46,47,50)/b33-22-. The van der Waals surface area contributed by atoms with Gasteiger partial charge in [0.2, 0.25) is 5.91 Å². The molecule has 0 saturated heterocycles. The summed E-state index contributed by atoms with van der Waals surface area (Å²) in [5.41, 5.74) is 3.70. The van der Waals surface area contributed by atoms with Gasteiger partial charge in [0.05, 0.1) is 27.0 Å². The van der Waals surface area contributed by atoms with Crippen LogP contribution in [0.4, 0.5) is 10.8 Å². The number of amides is 3. The number of ether oxygens (including phenoxy) is 3. The third-order valence-corrected chi connectivity index (χ3v) is 10.4. The summed E-state index contributed by atoms with van der Waals surface area (Å²) in [5, 5.41) is 11.0. The summed E-state index contributed by atoms with van der Waals surface area (Å²) in [7, 11) is 4.50. The number of anilines is 2. The number of hydrogen-bond donors (Lipinski definition) is 3. The molecule has 1 atom stereocenters. The first kappa shape index (κ1) is 38.6. The predicted molar refractivity (Wildman–Crippen MR) is 219 cm³/mol. The molecule has 6 aromatic rings. The third-order valence-electron chi connectivity index (χ3n) is 8.15. The zero-order valence-electron chi connectivity index (χ0n) is 29.9. The first-order valence-electron chi connectivity index (χ1n) is 16.8. The second-order valence-corrected chi connectivity index (χ2v) is 14.2. The van der Waals surface area contributed by atoms with E-state index in [4.69, 9.17) is 25.8 Å². The second kappa shape index (κ2) is 18.3. The summed E-state index contributed by atoms with van der Waals surface area (Å²) in [5.74, 6) is -0.0463. The number of thiazole rings is 1. The van der Waals surface area contributed by atoms with Crippen LogP contribution in [0.2, 0.25) is 5.02 Å². The molecule has 10 nitrogen and oxygen atoms in total. The van der Waals surface area contributed by atoms with Gasteiger partial charge in [0.15, 0.2) is 16.6 Å². The van der Waals surface area contributed by atoms with Crippen molar-refractivity contribution in [3.8, 4) is 28.5 Å². The average molecular weight is 791 g/mol. The van der Waals surface area contributed by atoms with Gasteiger partial charge >= 0.3 is 0 Å². The molecule has 3 amide bonds. The maximum atomic E-state index is 13.8. The zero-order chi connectivity index (χ0) is 38.7. The highest BCUT2D eigenvalue weighted by atomic mass is 35.5. The Morgan fingerprint density at radius 2 is 1.40 bits per heavy atom. The van der Waals surface area contributed by atoms with Crippen molar-refractivity contribution in [3.63, 3.8) is 0 Å². The Hall–Kier alpha value is -6.08. The highest BCUT2D eigenvalue weighted by molar-refractivity contribution is 8.00. The minimum Gasteiger partial charge on any atom is -0.496 e. The Bertz CT molecular complexity index is 2300. The number of halogens is 1. The minimum atomic E-state index is -0.608. The van der Waals surface area contributed by atoms with Gasteiger partial charge in [0.25, 0.3) is 11.8 Å². The van der Waals surface area contributed by atoms with Crippen LogP contribution in [-0.4, -0.2) is 44.0 Å². The maximum absolute atomic E-state index is 13.8. The van der Waals surface area contributed by atoms with Gasteiger partial charge in [0.1, 0.15) is 16.7 Å². The number of carbonyl (C=O) groups excluding carboxylic acids is 3. The fraction of sp³-hybridized carbons (Fsp3) is 0.0952. The molecule has 1 aromatic heterocycles. The molecule has 0 aliphatic heterocycles. The molecule has 1 heterocycles. The van der Waals surface area contributed by atoms with E-state index in [1.54, 1.807) is 66.7 Å². The third kappa shape index (κ3) is 9.92. The molecule has 1 unspecified atom stereocenters. The van der Waals surface area contributed by atoms with Gasteiger partial charge in [-0.1, -0.05) is 72.3 Å². The van der Waals surface area contributed by atoms with Gasteiger partial charge in [-0.25, -0.2) is 4.98 Å². The number of rotatable bonds is 14. The van der Waals surface area contributed by atoms with E-state index in [0.717, 1.165) is 21.7 Å². The van der Waals surface area contributed by atoms with Crippen LogP contribution in [0.3, 0.4) is 0 Å². The van der Waals surface area contributed by atoms with Crippen LogP contribution in [0.5, 0.6) is 17.2 Å². The van der Waals surface area contributed by atoms with E-state index in [-0.39, 0.29) is 11.6 Å². The topological polar surface area (TPSA) is 128 Å². The van der Waals surface area contributed by atoms with Crippen molar-refractivity contribution in [1.82, 2.24) is 10.3 Å². The Labute approximate surface area is 331 Å². The number of nitrogens with zero attached hydrogens (tertiary/aromatic N) is 1. The lowest BCUT2D eigenvalue weighted by molar-refractivity contribution is -0.116. The van der Waals surface area contributed by atoms with Crippen molar-refractivity contribution in [2.75, 3.05) is 32.0 Å². The highest BCUT2D eigenvalue weighted by Gasteiger charge is 2.24. The Morgan fingerprint density at radius 3 is 2.05 bits per heavy atom. The molecule has 5 aromatic carbocycles. The van der Waals surface area contributed by atoms with Gasteiger partial charge in [-0.2, -0.15) is 0 Å². The molecule has 55 heavy (non-hydrogen) atoms. The van der Waals surface area contributed by atoms with Crippen molar-refractivity contribution in [2.45, 2.75) is 10.1 Å². The van der Waals surface area contributed by atoms with Crippen LogP contribution in [-0.2, 0) is 9.59 Å². The molecule has 0 saturated carbocycles. The normalized spacial score (nSPS) is 11.6. The molecule has 278 valence electrons. The van der Waals surface area contributed by atoms with Gasteiger partial charge in [0, 0.05) is 43.7 Å². The molecule has 0 radical (unpaired) electrons. The quantitative estimate of drug-likeness (QED) is 0.0736. The molecular formula is C42H35ClN4O6S2. The summed E-state index contributed by atoms with van der Waals surface area (Å²) in [6, 6.07) is 35.8. The lowest BCUT2D eigenvalue weighted by Gasteiger charge is -2.17. The molecule has 13 heteroatoms. The lowest BCUT2D eigenvalue weighted by Crippen LogP contribution is -2.30. The SMILES string of the molecule is COc1cc(OC)c(OC)cc1/C=C(\NC(=O)c1ccccc1)C(=O)Nc1ccc(SC(C(=O)Nc2nc(-c3ccc(Cl)cc3)cs2)c2ccccc2)cc1. The summed E-state index contributed by atoms with van der Waals surface area (Å²) in [4.78, 5) is 46.2. The predicted octanol–water partition coefficient (Wildman–Crippen LogP) is 9.37. The lowest BCUT2D eigenvalue weighted by atomic mass is 10.1. The molecule has 3 N–H and O–H groups in total. The Kier molecular flexibility index (Phi) is 12.9. The molecule has 0 spiro atoms. The number of aromatic nitrogens is 1. The van der Waals surface area contributed by atoms with E-state index < -0.39 is 17.1 Å². The Morgan fingerprint density at radius 1 is 0.764 bits per heavy atom. The maximum Gasteiger partial charge on any atom is 0.272 e. The molecule has 0 aliphatic carbocycles. The summed E-state index contributed by atoms with van der Waals surface area (Å²) >= 11 is 8.74. The molecule has 6 rings (SSSR count). The van der Waals surface area contributed by atoms with Crippen molar-refractivity contribution in [3.05, 3.63) is 154 Å². The van der Waals surface area contributed by atoms with Crippen molar-refractivity contribution in [1.29, 1.82) is 0 Å². The number of carbonyl (C=O) groups is 3. The van der Waals surface area contributed by atoms with Crippen LogP contribution in [0.1, 0.15) is 26.7 Å². The van der Waals surface area contributed by atoms with Crippen LogP contribution >= 0.6 is 34.7 Å². The summed E-state index contributed by atoms with van der Waals surface area (Å²) < 4.78 is 16.4. The number of benzene rings is 5. The molecule has 0 fully saturated rings. The number of nitrogens with one attached hydrogen (secondary N) is 3. The Balaban J connectivity index is 1.21. The number of thioether (sulfide) groups is 1. The molecular weight excluding hydrogens is 756 g/mol. The van der Waals surface area contributed by atoms with Crippen LogP contribution in [0.15, 0.2) is 137 Å². The van der Waals surface area contributed by atoms with Gasteiger partial charge in [-0.05, 0) is 66.2 Å². The fourth-order valence-electron chi connectivity index (χ4n) is 5.37. The first-order valence-corrected chi connectivity index (χ1v) is 18.9. The van der Waals surface area contributed by atoms with Crippen LogP contribution in [0.25, 0.3) is 17.3 Å². The van der Waals surface area contributed by atoms with Gasteiger partial charge in [-0.3, -0.25) is 14.4 Å². The largest absolute Gasteiger partial charge is 0.496 e. The van der Waals surface area contributed by atoms with E-state index in [9.17, 15) is 14.4 Å². The fourth-order valence-corrected chi connectivity index (χ4v) is 7.24. The van der Waals surface area contributed by atoms with Crippen molar-refractivity contribution < 1.29 is 28.6 Å². The van der Waals surface area contributed by atoms with Crippen molar-refractivity contribution >= 4 is 69.3 Å². The summed E-state index contributed by atoms with van der Waals surface area (Å²) in [6.07, 6.45) is 1.51. The smallest absolute Gasteiger partial charge is 0.272 e. The monoisotopic (exact) mass is 790 g/mol. The zero-order valence-corrected chi connectivity index (χ0v) is 32.3. The molecule has 0 aliphatic rings. The van der Waals surface area contributed by atoms with Crippen LogP contribution in [0, 0.1) is 0 Å². The second-order valence-electron chi connectivity index (χ2n) is 11.7. The highest BCUT2D eigenvalue weighted by Crippen LogP contribution is 2.38. The van der Waals surface area contributed by atoms with E-state index in [1.807, 2.05) is 60.0 Å². The van der Waals surface area contributed by atoms with Crippen molar-refractivity contribution in [2.24, 2.45) is 0 Å². The minimum absolute atomic E-state index is 0.0416. The molecule has 0 bridgehead atoms. The number of hydrogen-bond acceptors (Lipinski definition) is 9. The van der Waals surface area contributed by atoms with E-state index >= 15 is 0 Å². The van der Waals surface area contributed by atoms with E-state index in [1.165, 1.54) is 50.5 Å². The van der Waals surface area contributed by atoms with E-state index in [0.29, 0.717) is 44.2 Å². The van der Waals surface area contributed by atoms with Gasteiger partial charge in [-0.15, -0.1) is 23.1 Å². The average Bonchev–Trinajstić information content (AvgIpc) is 3.69. The van der Waals surface area contributed by atoms with Crippen LogP contribution < -0.4 is 30.2 Å².